The van der Waals surface area contributed by atoms with Gasteiger partial charge in [0.2, 0.25) is 0 Å². The van der Waals surface area contributed by atoms with Crippen LogP contribution in [0, 0.1) is 19.8 Å². The van der Waals surface area contributed by atoms with Crippen LogP contribution in [-0.4, -0.2) is 29.6 Å². The zero-order chi connectivity index (χ0) is 25.8. The first kappa shape index (κ1) is 25.8. The van der Waals surface area contributed by atoms with Crippen LogP contribution in [0.2, 0.25) is 0 Å². The van der Waals surface area contributed by atoms with E-state index in [0.717, 1.165) is 54.9 Å². The minimum atomic E-state index is -0.812. The van der Waals surface area contributed by atoms with Gasteiger partial charge >= 0.3 is 5.97 Å². The fourth-order valence-electron chi connectivity index (χ4n) is 5.59. The Hall–Kier alpha value is -3.31. The zero-order valence-corrected chi connectivity index (χ0v) is 22.0. The largest absolute Gasteiger partial charge is 0.481 e. The van der Waals surface area contributed by atoms with Crippen molar-refractivity contribution >= 4 is 17.3 Å². The van der Waals surface area contributed by atoms with Crippen LogP contribution in [0.3, 0.4) is 0 Å². The number of aryl methyl sites for hydroxylation is 1. The van der Waals surface area contributed by atoms with E-state index >= 15 is 0 Å². The van der Waals surface area contributed by atoms with Gasteiger partial charge < -0.3 is 16.2 Å². The fourth-order valence-corrected chi connectivity index (χ4v) is 5.59. The average Bonchev–Trinajstić information content (AvgIpc) is 3.04. The van der Waals surface area contributed by atoms with Gasteiger partial charge in [-0.15, -0.1) is 0 Å². The Morgan fingerprint density at radius 1 is 1.14 bits per heavy atom. The molecule has 4 rings (SSSR count). The van der Waals surface area contributed by atoms with Gasteiger partial charge in [0.25, 0.3) is 0 Å². The van der Waals surface area contributed by atoms with Crippen molar-refractivity contribution in [1.29, 1.82) is 0 Å². The summed E-state index contributed by atoms with van der Waals surface area (Å²) in [7, 11) is 1.84. The van der Waals surface area contributed by atoms with E-state index in [1.807, 2.05) is 26.1 Å². The van der Waals surface area contributed by atoms with E-state index in [-0.39, 0.29) is 12.3 Å². The number of anilines is 2. The Balaban J connectivity index is 1.68. The summed E-state index contributed by atoms with van der Waals surface area (Å²) in [5.74, 6) is -0.441. The molecule has 0 amide bonds. The standard InChI is InChI=1S/C31H39N3O2/c1-5-22-14-23-8-6-7-9-25(23)18-34(17-22)19-26-15-24(11-10-20(26)2)28(16-30(35)36)27-12-13-29(33-4)31(32)21(27)3/h6-13,15,22,28,33H,5,14,16-19,32H2,1-4H3,(H,35,36). The number of nitrogens with two attached hydrogens (primary N) is 1. The van der Waals surface area contributed by atoms with Gasteiger partial charge in [-0.05, 0) is 71.2 Å². The molecule has 36 heavy (non-hydrogen) atoms. The lowest BCUT2D eigenvalue weighted by molar-refractivity contribution is -0.137. The van der Waals surface area contributed by atoms with Crippen LogP contribution in [0.4, 0.5) is 11.4 Å². The molecule has 5 heteroatoms. The summed E-state index contributed by atoms with van der Waals surface area (Å²) < 4.78 is 0. The quantitative estimate of drug-likeness (QED) is 0.335. The maximum atomic E-state index is 11.9. The van der Waals surface area contributed by atoms with Crippen molar-refractivity contribution in [3.63, 3.8) is 0 Å². The lowest BCUT2D eigenvalue weighted by Crippen LogP contribution is -2.27. The lowest BCUT2D eigenvalue weighted by atomic mass is 9.84. The van der Waals surface area contributed by atoms with Gasteiger partial charge in [0, 0.05) is 32.6 Å². The molecule has 1 heterocycles. The van der Waals surface area contributed by atoms with Gasteiger partial charge in [-0.2, -0.15) is 0 Å². The fraction of sp³-hybridized carbons (Fsp3) is 0.387. The van der Waals surface area contributed by atoms with Gasteiger partial charge in [0.1, 0.15) is 0 Å². The van der Waals surface area contributed by atoms with Crippen LogP contribution in [0.25, 0.3) is 0 Å². The van der Waals surface area contributed by atoms with Crippen LogP contribution in [0.15, 0.2) is 54.6 Å². The highest BCUT2D eigenvalue weighted by atomic mass is 16.4. The Kier molecular flexibility index (Phi) is 8.00. The van der Waals surface area contributed by atoms with Crippen molar-refractivity contribution in [2.24, 2.45) is 5.92 Å². The van der Waals surface area contributed by atoms with Gasteiger partial charge in [0.05, 0.1) is 17.8 Å². The number of benzene rings is 3. The molecular formula is C31H39N3O2. The third-order valence-electron chi connectivity index (χ3n) is 7.86. The van der Waals surface area contributed by atoms with Crippen molar-refractivity contribution < 1.29 is 9.90 Å². The molecule has 1 aliphatic rings. The summed E-state index contributed by atoms with van der Waals surface area (Å²) in [6.07, 6.45) is 2.32. The third-order valence-corrected chi connectivity index (χ3v) is 7.86. The number of carbonyl (C=O) groups is 1. The summed E-state index contributed by atoms with van der Waals surface area (Å²) in [5, 5.41) is 12.9. The minimum Gasteiger partial charge on any atom is -0.481 e. The Labute approximate surface area is 215 Å². The molecule has 5 nitrogen and oxygen atoms in total. The molecule has 3 aromatic rings. The molecule has 2 unspecified atom stereocenters. The molecule has 0 saturated carbocycles. The number of hydrogen-bond acceptors (Lipinski definition) is 4. The molecule has 2 atom stereocenters. The van der Waals surface area contributed by atoms with E-state index in [1.54, 1.807) is 0 Å². The topological polar surface area (TPSA) is 78.6 Å². The summed E-state index contributed by atoms with van der Waals surface area (Å²) in [6, 6.07) is 19.2. The lowest BCUT2D eigenvalue weighted by Gasteiger charge is -2.26. The summed E-state index contributed by atoms with van der Waals surface area (Å²) in [5.41, 5.74) is 16.2. The van der Waals surface area contributed by atoms with E-state index in [9.17, 15) is 9.90 Å². The van der Waals surface area contributed by atoms with Crippen LogP contribution in [0.5, 0.6) is 0 Å². The zero-order valence-electron chi connectivity index (χ0n) is 22.0. The number of carboxylic acid groups (broad SMARTS) is 1. The second kappa shape index (κ2) is 11.2. The highest BCUT2D eigenvalue weighted by Crippen LogP contribution is 2.36. The molecule has 0 spiro atoms. The van der Waals surface area contributed by atoms with E-state index in [4.69, 9.17) is 5.73 Å². The van der Waals surface area contributed by atoms with E-state index in [2.05, 4.69) is 66.5 Å². The highest BCUT2D eigenvalue weighted by Gasteiger charge is 2.24. The predicted molar refractivity (Wildman–Crippen MR) is 148 cm³/mol. The van der Waals surface area contributed by atoms with Crippen molar-refractivity contribution in [2.75, 3.05) is 24.6 Å². The number of fused-ring (bicyclic) bond motifs is 1. The monoisotopic (exact) mass is 485 g/mol. The van der Waals surface area contributed by atoms with Crippen LogP contribution >= 0.6 is 0 Å². The second-order valence-corrected chi connectivity index (χ2v) is 10.2. The first-order valence-electron chi connectivity index (χ1n) is 13.0. The molecule has 3 aromatic carbocycles. The van der Waals surface area contributed by atoms with E-state index in [1.165, 1.54) is 22.3 Å². The van der Waals surface area contributed by atoms with Gasteiger partial charge in [-0.1, -0.05) is 61.9 Å². The average molecular weight is 486 g/mol. The van der Waals surface area contributed by atoms with E-state index in [0.29, 0.717) is 11.6 Å². The normalized spacial score (nSPS) is 16.7. The molecule has 0 radical (unpaired) electrons. The molecule has 0 fully saturated rings. The molecule has 0 aliphatic carbocycles. The molecule has 0 aromatic heterocycles. The maximum Gasteiger partial charge on any atom is 0.304 e. The summed E-state index contributed by atoms with van der Waals surface area (Å²) in [6.45, 7) is 9.27. The first-order chi connectivity index (χ1) is 17.3. The SMILES string of the molecule is CCC1Cc2ccccc2CN(Cc2cc(C(CC(=O)O)c3ccc(NC)c(N)c3C)ccc2C)C1. The molecule has 0 saturated heterocycles. The van der Waals surface area contributed by atoms with Crippen LogP contribution in [-0.2, 0) is 24.3 Å². The van der Waals surface area contributed by atoms with Gasteiger partial charge in [-0.3, -0.25) is 9.69 Å². The van der Waals surface area contributed by atoms with Gasteiger partial charge in [-0.25, -0.2) is 0 Å². The molecular weight excluding hydrogens is 446 g/mol. The van der Waals surface area contributed by atoms with Crippen molar-refractivity contribution in [2.45, 2.75) is 59.0 Å². The van der Waals surface area contributed by atoms with Crippen molar-refractivity contribution in [1.82, 2.24) is 4.90 Å². The number of nitrogens with one attached hydrogen (secondary N) is 1. The molecule has 0 bridgehead atoms. The van der Waals surface area contributed by atoms with Crippen molar-refractivity contribution in [3.05, 3.63) is 93.5 Å². The third kappa shape index (κ3) is 5.57. The predicted octanol–water partition coefficient (Wildman–Crippen LogP) is 6.12. The number of nitrogens with zero attached hydrogens (tertiary/aromatic N) is 1. The Morgan fingerprint density at radius 3 is 2.58 bits per heavy atom. The maximum absolute atomic E-state index is 11.9. The number of rotatable bonds is 8. The summed E-state index contributed by atoms with van der Waals surface area (Å²) in [4.78, 5) is 14.5. The summed E-state index contributed by atoms with van der Waals surface area (Å²) >= 11 is 0. The number of carboxylic acids is 1. The smallest absolute Gasteiger partial charge is 0.304 e. The minimum absolute atomic E-state index is 0.0245. The number of nitrogen functional groups attached to an aromatic ring is 1. The van der Waals surface area contributed by atoms with E-state index < -0.39 is 5.97 Å². The highest BCUT2D eigenvalue weighted by molar-refractivity contribution is 5.74. The Bertz CT molecular complexity index is 1240. The van der Waals surface area contributed by atoms with Crippen molar-refractivity contribution in [3.8, 4) is 0 Å². The molecule has 190 valence electrons. The van der Waals surface area contributed by atoms with Crippen LogP contribution in [0.1, 0.15) is 64.6 Å². The number of hydrogen-bond donors (Lipinski definition) is 3. The second-order valence-electron chi connectivity index (χ2n) is 10.2. The molecule has 1 aliphatic heterocycles. The molecule has 4 N–H and O–H groups in total. The van der Waals surface area contributed by atoms with Gasteiger partial charge in [0.15, 0.2) is 0 Å². The Morgan fingerprint density at radius 2 is 1.89 bits per heavy atom. The first-order valence-corrected chi connectivity index (χ1v) is 13.0. The number of aliphatic carboxylic acids is 1. The van der Waals surface area contributed by atoms with Crippen LogP contribution < -0.4 is 11.1 Å².